The highest BCUT2D eigenvalue weighted by Gasteiger charge is 2.35. The van der Waals surface area contributed by atoms with Crippen LogP contribution in [0.2, 0.25) is 0 Å². The number of hydrogen-bond donors (Lipinski definition) is 3. The summed E-state index contributed by atoms with van der Waals surface area (Å²) in [6.45, 7) is 0. The van der Waals surface area contributed by atoms with Crippen LogP contribution in [0.1, 0.15) is 10.4 Å². The average Bonchev–Trinajstić information content (AvgIpc) is 2.61. The minimum absolute atomic E-state index is 0.0928. The first-order valence-electron chi connectivity index (χ1n) is 7.54. The van der Waals surface area contributed by atoms with Gasteiger partial charge in [0.2, 0.25) is 3.79 Å². The molecule has 0 saturated heterocycles. The second kappa shape index (κ2) is 9.41. The van der Waals surface area contributed by atoms with Gasteiger partial charge in [-0.15, -0.1) is 0 Å². The van der Waals surface area contributed by atoms with Crippen LogP contribution in [0, 0.1) is 5.82 Å². The maximum atomic E-state index is 13.0. The van der Waals surface area contributed by atoms with E-state index < -0.39 is 21.7 Å². The smallest absolute Gasteiger partial charge is 0.252 e. The van der Waals surface area contributed by atoms with Crippen molar-refractivity contribution in [1.82, 2.24) is 10.6 Å². The van der Waals surface area contributed by atoms with Crippen molar-refractivity contribution in [2.24, 2.45) is 0 Å². The summed E-state index contributed by atoms with van der Waals surface area (Å²) in [6.07, 6.45) is -1.16. The van der Waals surface area contributed by atoms with Crippen LogP contribution in [-0.4, -0.2) is 28.1 Å². The van der Waals surface area contributed by atoms with E-state index in [0.717, 1.165) is 12.1 Å². The highest BCUT2D eigenvalue weighted by Crippen LogP contribution is 2.29. The lowest BCUT2D eigenvalue weighted by molar-refractivity contribution is 0.0934. The third-order valence-corrected chi connectivity index (χ3v) is 4.21. The van der Waals surface area contributed by atoms with Gasteiger partial charge in [-0.2, -0.15) is 0 Å². The molecule has 0 aliphatic heterocycles. The van der Waals surface area contributed by atoms with Crippen molar-refractivity contribution in [1.29, 1.82) is 0 Å². The van der Waals surface area contributed by atoms with Crippen molar-refractivity contribution in [2.45, 2.75) is 9.96 Å². The summed E-state index contributed by atoms with van der Waals surface area (Å²) in [5, 5.41) is 8.24. The van der Waals surface area contributed by atoms with Gasteiger partial charge in [0.25, 0.3) is 5.91 Å². The maximum absolute atomic E-state index is 13.0. The minimum Gasteiger partial charge on any atom is -0.495 e. The number of ether oxygens (including phenoxy) is 1. The molecule has 5 nitrogen and oxygen atoms in total. The summed E-state index contributed by atoms with van der Waals surface area (Å²) >= 11 is 23.1. The Bertz CT molecular complexity index is 816. The van der Waals surface area contributed by atoms with Gasteiger partial charge in [0.05, 0.1) is 12.8 Å². The van der Waals surface area contributed by atoms with E-state index in [1.807, 2.05) is 0 Å². The van der Waals surface area contributed by atoms with Gasteiger partial charge in [-0.25, -0.2) is 4.39 Å². The predicted molar refractivity (Wildman–Crippen MR) is 110 cm³/mol. The molecule has 0 fully saturated rings. The Labute approximate surface area is 176 Å². The fraction of sp³-hybridized carbons (Fsp3) is 0.176. The van der Waals surface area contributed by atoms with Gasteiger partial charge in [-0.3, -0.25) is 4.79 Å². The Hall–Kier alpha value is -1.80. The molecule has 1 atom stereocenters. The van der Waals surface area contributed by atoms with Crippen molar-refractivity contribution >= 4 is 63.7 Å². The molecule has 0 heterocycles. The van der Waals surface area contributed by atoms with Crippen LogP contribution < -0.4 is 20.7 Å². The van der Waals surface area contributed by atoms with Crippen LogP contribution in [0.15, 0.2) is 48.5 Å². The SMILES string of the molecule is COc1ccccc1NC(=S)N[C@H](NC(=O)c1ccc(F)cc1)C(Cl)(Cl)Cl. The molecule has 0 spiro atoms. The Morgan fingerprint density at radius 2 is 1.74 bits per heavy atom. The quantitative estimate of drug-likeness (QED) is 0.361. The fourth-order valence-electron chi connectivity index (χ4n) is 2.05. The van der Waals surface area contributed by atoms with Gasteiger partial charge in [-0.05, 0) is 48.6 Å². The zero-order chi connectivity index (χ0) is 20.0. The number of thiocarbonyl (C=S) groups is 1. The number of amides is 1. The molecule has 0 radical (unpaired) electrons. The number of carbonyl (C=O) groups excluding carboxylic acids is 1. The standard InChI is InChI=1S/C17H15Cl3FN3O2S/c1-26-13-5-3-2-4-12(13)22-16(27)24-15(17(18,19)20)23-14(25)10-6-8-11(21)9-7-10/h2-9,15H,1H3,(H,23,25)(H2,22,24,27)/t15-/m0/s1. The van der Waals surface area contributed by atoms with Gasteiger partial charge >= 0.3 is 0 Å². The Balaban J connectivity index is 2.09. The van der Waals surface area contributed by atoms with Crippen molar-refractivity contribution in [3.05, 3.63) is 59.9 Å². The molecular formula is C17H15Cl3FN3O2S. The van der Waals surface area contributed by atoms with E-state index in [0.29, 0.717) is 11.4 Å². The molecule has 2 rings (SSSR count). The number of hydrogen-bond acceptors (Lipinski definition) is 3. The van der Waals surface area contributed by atoms with E-state index in [9.17, 15) is 9.18 Å². The number of carbonyl (C=O) groups is 1. The molecule has 144 valence electrons. The van der Waals surface area contributed by atoms with E-state index in [4.69, 9.17) is 51.8 Å². The molecular weight excluding hydrogens is 436 g/mol. The summed E-state index contributed by atoms with van der Waals surface area (Å²) in [5.74, 6) is -0.480. The maximum Gasteiger partial charge on any atom is 0.252 e. The lowest BCUT2D eigenvalue weighted by Crippen LogP contribution is -2.56. The number of anilines is 1. The molecule has 2 aromatic carbocycles. The lowest BCUT2D eigenvalue weighted by Gasteiger charge is -2.28. The van der Waals surface area contributed by atoms with Crippen LogP contribution in [0.3, 0.4) is 0 Å². The van der Waals surface area contributed by atoms with Crippen molar-refractivity contribution in [3.63, 3.8) is 0 Å². The highest BCUT2D eigenvalue weighted by molar-refractivity contribution is 7.80. The first kappa shape index (κ1) is 21.5. The topological polar surface area (TPSA) is 62.4 Å². The molecule has 27 heavy (non-hydrogen) atoms. The van der Waals surface area contributed by atoms with Gasteiger partial charge < -0.3 is 20.7 Å². The van der Waals surface area contributed by atoms with Crippen molar-refractivity contribution in [2.75, 3.05) is 12.4 Å². The zero-order valence-electron chi connectivity index (χ0n) is 13.9. The molecule has 2 aromatic rings. The number of rotatable bonds is 5. The van der Waals surface area contributed by atoms with Crippen LogP contribution in [0.5, 0.6) is 5.75 Å². The second-order valence-electron chi connectivity index (χ2n) is 5.25. The van der Waals surface area contributed by atoms with Crippen LogP contribution in [-0.2, 0) is 0 Å². The monoisotopic (exact) mass is 449 g/mol. The molecule has 0 saturated carbocycles. The zero-order valence-corrected chi connectivity index (χ0v) is 17.0. The van der Waals surface area contributed by atoms with Crippen LogP contribution in [0.4, 0.5) is 10.1 Å². The molecule has 0 bridgehead atoms. The molecule has 3 N–H and O–H groups in total. The number of halogens is 4. The van der Waals surface area contributed by atoms with Crippen LogP contribution in [0.25, 0.3) is 0 Å². The Kier molecular flexibility index (Phi) is 7.49. The minimum atomic E-state index is -1.91. The fourth-order valence-corrected chi connectivity index (χ4v) is 2.61. The van der Waals surface area contributed by atoms with Gasteiger partial charge in [0.15, 0.2) is 5.11 Å². The predicted octanol–water partition coefficient (Wildman–Crippen LogP) is 4.25. The third kappa shape index (κ3) is 6.39. The first-order valence-corrected chi connectivity index (χ1v) is 9.08. The molecule has 0 aromatic heterocycles. The summed E-state index contributed by atoms with van der Waals surface area (Å²) < 4.78 is 16.3. The van der Waals surface area contributed by atoms with Gasteiger partial charge in [0, 0.05) is 5.56 Å². The number of methoxy groups -OCH3 is 1. The average molecular weight is 451 g/mol. The summed E-state index contributed by atoms with van der Waals surface area (Å²) in [6, 6.07) is 12.0. The highest BCUT2D eigenvalue weighted by atomic mass is 35.6. The summed E-state index contributed by atoms with van der Waals surface area (Å²) in [4.78, 5) is 12.3. The van der Waals surface area contributed by atoms with E-state index in [1.165, 1.54) is 19.2 Å². The van der Waals surface area contributed by atoms with Gasteiger partial charge in [0.1, 0.15) is 17.7 Å². The molecule has 0 aliphatic carbocycles. The first-order chi connectivity index (χ1) is 12.7. The van der Waals surface area contributed by atoms with Crippen LogP contribution >= 0.6 is 47.0 Å². The van der Waals surface area contributed by atoms with Crippen molar-refractivity contribution < 1.29 is 13.9 Å². The van der Waals surface area contributed by atoms with Gasteiger partial charge in [-0.1, -0.05) is 46.9 Å². The van der Waals surface area contributed by atoms with E-state index in [-0.39, 0.29) is 10.7 Å². The Morgan fingerprint density at radius 3 is 2.33 bits per heavy atom. The number of alkyl halides is 3. The lowest BCUT2D eigenvalue weighted by atomic mass is 10.2. The van der Waals surface area contributed by atoms with E-state index >= 15 is 0 Å². The number of para-hydroxylation sites is 2. The van der Waals surface area contributed by atoms with E-state index in [2.05, 4.69) is 16.0 Å². The van der Waals surface area contributed by atoms with Crippen molar-refractivity contribution in [3.8, 4) is 5.75 Å². The molecule has 0 aliphatic rings. The third-order valence-electron chi connectivity index (χ3n) is 3.34. The second-order valence-corrected chi connectivity index (χ2v) is 8.03. The number of benzene rings is 2. The van der Waals surface area contributed by atoms with E-state index in [1.54, 1.807) is 24.3 Å². The normalized spacial score (nSPS) is 12.0. The summed E-state index contributed by atoms with van der Waals surface area (Å²) in [5.41, 5.74) is 0.784. The Morgan fingerprint density at radius 1 is 1.11 bits per heavy atom. The summed E-state index contributed by atoms with van der Waals surface area (Å²) in [7, 11) is 1.52. The molecule has 0 unspecified atom stereocenters. The molecule has 10 heteroatoms. The largest absolute Gasteiger partial charge is 0.495 e. The molecule has 1 amide bonds. The number of nitrogens with one attached hydrogen (secondary N) is 3.